The summed E-state index contributed by atoms with van der Waals surface area (Å²) in [5, 5.41) is 3.69. The highest BCUT2D eigenvalue weighted by Gasteiger charge is 2.25. The van der Waals surface area contributed by atoms with Gasteiger partial charge in [-0.15, -0.1) is 0 Å². The van der Waals surface area contributed by atoms with Crippen molar-refractivity contribution in [2.45, 2.75) is 71.8 Å². The van der Waals surface area contributed by atoms with Crippen LogP contribution in [0.5, 0.6) is 0 Å². The fourth-order valence-electron chi connectivity index (χ4n) is 2.96. The van der Waals surface area contributed by atoms with Crippen LogP contribution < -0.4 is 5.32 Å². The van der Waals surface area contributed by atoms with E-state index in [1.165, 1.54) is 45.1 Å². The van der Waals surface area contributed by atoms with Crippen LogP contribution in [-0.4, -0.2) is 25.3 Å². The minimum Gasteiger partial charge on any atom is -0.382 e. The Morgan fingerprint density at radius 3 is 2.39 bits per heavy atom. The highest BCUT2D eigenvalue weighted by Crippen LogP contribution is 2.33. The summed E-state index contributed by atoms with van der Waals surface area (Å²) in [5.41, 5.74) is 0.257. The molecule has 0 aliphatic heterocycles. The lowest BCUT2D eigenvalue weighted by molar-refractivity contribution is 0.127. The molecule has 1 N–H and O–H groups in total. The van der Waals surface area contributed by atoms with Gasteiger partial charge in [-0.3, -0.25) is 0 Å². The molecular weight excluding hydrogens is 222 g/mol. The van der Waals surface area contributed by atoms with Gasteiger partial charge in [-0.05, 0) is 65.3 Å². The first-order valence-electron chi connectivity index (χ1n) is 7.85. The maximum atomic E-state index is 5.46. The molecule has 2 nitrogen and oxygen atoms in total. The van der Waals surface area contributed by atoms with Crippen molar-refractivity contribution in [3.8, 4) is 0 Å². The van der Waals surface area contributed by atoms with Gasteiger partial charge in [0, 0.05) is 18.8 Å². The molecule has 1 rings (SSSR count). The zero-order chi connectivity index (χ0) is 13.4. The summed E-state index contributed by atoms with van der Waals surface area (Å²) >= 11 is 0. The van der Waals surface area contributed by atoms with Crippen molar-refractivity contribution in [2.75, 3.05) is 19.8 Å². The number of ether oxygens (including phenoxy) is 1. The Morgan fingerprint density at radius 2 is 1.78 bits per heavy atom. The summed E-state index contributed by atoms with van der Waals surface area (Å²) < 4.78 is 5.46. The molecule has 108 valence electrons. The van der Waals surface area contributed by atoms with Gasteiger partial charge in [0.05, 0.1) is 0 Å². The SMILES string of the molecule is CCOCCCC1CCCCC1CNC(C)(C)C. The van der Waals surface area contributed by atoms with Crippen molar-refractivity contribution in [1.82, 2.24) is 5.32 Å². The minimum atomic E-state index is 0.257. The van der Waals surface area contributed by atoms with Crippen LogP contribution in [-0.2, 0) is 4.74 Å². The maximum Gasteiger partial charge on any atom is 0.0465 e. The zero-order valence-corrected chi connectivity index (χ0v) is 12.9. The van der Waals surface area contributed by atoms with E-state index < -0.39 is 0 Å². The smallest absolute Gasteiger partial charge is 0.0465 e. The van der Waals surface area contributed by atoms with E-state index in [2.05, 4.69) is 33.0 Å². The Balaban J connectivity index is 2.28. The summed E-state index contributed by atoms with van der Waals surface area (Å²) in [5.74, 6) is 1.81. The number of hydrogen-bond acceptors (Lipinski definition) is 2. The maximum absolute atomic E-state index is 5.46. The number of hydrogen-bond donors (Lipinski definition) is 1. The molecule has 0 amide bonds. The van der Waals surface area contributed by atoms with Crippen LogP contribution in [0.1, 0.15) is 66.2 Å². The summed E-state index contributed by atoms with van der Waals surface area (Å²) in [6.45, 7) is 11.9. The summed E-state index contributed by atoms with van der Waals surface area (Å²) in [4.78, 5) is 0. The first-order valence-corrected chi connectivity index (χ1v) is 7.85. The van der Waals surface area contributed by atoms with Gasteiger partial charge in [0.15, 0.2) is 0 Å². The largest absolute Gasteiger partial charge is 0.382 e. The average Bonchev–Trinajstić information content (AvgIpc) is 2.32. The van der Waals surface area contributed by atoms with E-state index >= 15 is 0 Å². The summed E-state index contributed by atoms with van der Waals surface area (Å²) in [6, 6.07) is 0. The molecule has 1 aliphatic rings. The van der Waals surface area contributed by atoms with E-state index in [9.17, 15) is 0 Å². The van der Waals surface area contributed by atoms with Crippen molar-refractivity contribution in [3.05, 3.63) is 0 Å². The Hall–Kier alpha value is -0.0800. The Bertz CT molecular complexity index is 210. The lowest BCUT2D eigenvalue weighted by atomic mass is 9.76. The third-order valence-corrected chi connectivity index (χ3v) is 4.03. The van der Waals surface area contributed by atoms with Crippen LogP contribution in [0.15, 0.2) is 0 Å². The molecule has 2 atom stereocenters. The minimum absolute atomic E-state index is 0.257. The zero-order valence-electron chi connectivity index (χ0n) is 12.9. The van der Waals surface area contributed by atoms with Gasteiger partial charge < -0.3 is 10.1 Å². The van der Waals surface area contributed by atoms with Crippen LogP contribution in [0.25, 0.3) is 0 Å². The van der Waals surface area contributed by atoms with Crippen LogP contribution in [0.3, 0.4) is 0 Å². The highest BCUT2D eigenvalue weighted by atomic mass is 16.5. The van der Waals surface area contributed by atoms with Gasteiger partial charge in [-0.25, -0.2) is 0 Å². The molecule has 0 bridgehead atoms. The van der Waals surface area contributed by atoms with E-state index in [4.69, 9.17) is 4.74 Å². The Kier molecular flexibility index (Phi) is 7.25. The number of rotatable bonds is 7. The molecule has 0 spiro atoms. The molecule has 0 aromatic rings. The third kappa shape index (κ3) is 6.75. The van der Waals surface area contributed by atoms with Gasteiger partial charge in [0.2, 0.25) is 0 Å². The normalized spacial score (nSPS) is 25.3. The standard InChI is InChI=1S/C16H33NO/c1-5-18-12-8-11-14-9-6-7-10-15(14)13-17-16(2,3)4/h14-15,17H,5-13H2,1-4H3. The second-order valence-corrected chi connectivity index (χ2v) is 6.77. The predicted octanol–water partition coefficient (Wildman–Crippen LogP) is 4.00. The molecular formula is C16H33NO. The first kappa shape index (κ1) is 16.0. The van der Waals surface area contributed by atoms with Crippen LogP contribution in [0.2, 0.25) is 0 Å². The predicted molar refractivity (Wildman–Crippen MR) is 78.9 cm³/mol. The van der Waals surface area contributed by atoms with E-state index in [0.29, 0.717) is 0 Å². The molecule has 18 heavy (non-hydrogen) atoms. The topological polar surface area (TPSA) is 21.3 Å². The van der Waals surface area contributed by atoms with Crippen molar-refractivity contribution in [1.29, 1.82) is 0 Å². The monoisotopic (exact) mass is 255 g/mol. The second-order valence-electron chi connectivity index (χ2n) is 6.77. The van der Waals surface area contributed by atoms with Gasteiger partial charge in [-0.1, -0.05) is 19.3 Å². The van der Waals surface area contributed by atoms with Crippen molar-refractivity contribution in [3.63, 3.8) is 0 Å². The van der Waals surface area contributed by atoms with Crippen LogP contribution in [0, 0.1) is 11.8 Å². The second kappa shape index (κ2) is 8.16. The van der Waals surface area contributed by atoms with E-state index in [1.54, 1.807) is 0 Å². The van der Waals surface area contributed by atoms with Gasteiger partial charge in [0.1, 0.15) is 0 Å². The van der Waals surface area contributed by atoms with Crippen molar-refractivity contribution in [2.24, 2.45) is 11.8 Å². The van der Waals surface area contributed by atoms with Crippen LogP contribution in [0.4, 0.5) is 0 Å². The van der Waals surface area contributed by atoms with Gasteiger partial charge in [0.25, 0.3) is 0 Å². The van der Waals surface area contributed by atoms with Crippen molar-refractivity contribution >= 4 is 0 Å². The molecule has 1 saturated carbocycles. The van der Waals surface area contributed by atoms with E-state index in [0.717, 1.165) is 25.0 Å². The molecule has 2 unspecified atom stereocenters. The Morgan fingerprint density at radius 1 is 1.11 bits per heavy atom. The van der Waals surface area contributed by atoms with E-state index in [-0.39, 0.29) is 5.54 Å². The summed E-state index contributed by atoms with van der Waals surface area (Å²) in [6.07, 6.45) is 8.32. The molecule has 1 fully saturated rings. The van der Waals surface area contributed by atoms with Crippen molar-refractivity contribution < 1.29 is 4.74 Å². The molecule has 0 saturated heterocycles. The van der Waals surface area contributed by atoms with Crippen LogP contribution >= 0.6 is 0 Å². The molecule has 0 heterocycles. The fraction of sp³-hybridized carbons (Fsp3) is 1.00. The number of nitrogens with one attached hydrogen (secondary N) is 1. The summed E-state index contributed by atoms with van der Waals surface area (Å²) in [7, 11) is 0. The quantitative estimate of drug-likeness (QED) is 0.694. The fourth-order valence-corrected chi connectivity index (χ4v) is 2.96. The lowest BCUT2D eigenvalue weighted by Gasteiger charge is -2.34. The molecule has 0 aromatic heterocycles. The third-order valence-electron chi connectivity index (χ3n) is 4.03. The molecule has 2 heteroatoms. The molecule has 0 aromatic carbocycles. The Labute approximate surface area is 114 Å². The van der Waals surface area contributed by atoms with E-state index in [1.807, 2.05) is 0 Å². The molecule has 1 aliphatic carbocycles. The van der Waals surface area contributed by atoms with Gasteiger partial charge >= 0.3 is 0 Å². The average molecular weight is 255 g/mol. The highest BCUT2D eigenvalue weighted by molar-refractivity contribution is 4.80. The van der Waals surface area contributed by atoms with Gasteiger partial charge in [-0.2, -0.15) is 0 Å². The lowest BCUT2D eigenvalue weighted by Crippen LogP contribution is -2.41. The first-order chi connectivity index (χ1) is 8.53. The molecule has 0 radical (unpaired) electrons.